The van der Waals surface area contributed by atoms with Gasteiger partial charge in [0.2, 0.25) is 5.76 Å². The maximum atomic E-state index is 11.4. The van der Waals surface area contributed by atoms with Crippen LogP contribution in [0.4, 0.5) is 0 Å². The summed E-state index contributed by atoms with van der Waals surface area (Å²) < 4.78 is 4.45. The summed E-state index contributed by atoms with van der Waals surface area (Å²) in [6.45, 7) is 0.431. The van der Waals surface area contributed by atoms with Gasteiger partial charge in [0.05, 0.1) is 5.75 Å². The number of thioether (sulfide) groups is 1. The molecule has 1 heterocycles. The number of carbonyl (C=O) groups excluding carboxylic acids is 1. The van der Waals surface area contributed by atoms with Crippen molar-refractivity contribution in [1.82, 2.24) is 10.5 Å². The Labute approximate surface area is 102 Å². The summed E-state index contributed by atoms with van der Waals surface area (Å²) in [5.74, 6) is 1.63. The van der Waals surface area contributed by atoms with Crippen LogP contribution in [0.15, 0.2) is 10.6 Å². The van der Waals surface area contributed by atoms with E-state index in [0.29, 0.717) is 18.1 Å². The fourth-order valence-corrected chi connectivity index (χ4v) is 1.45. The van der Waals surface area contributed by atoms with Crippen molar-refractivity contribution >= 4 is 23.6 Å². The van der Waals surface area contributed by atoms with Crippen molar-refractivity contribution in [3.63, 3.8) is 0 Å². The molecule has 17 heavy (non-hydrogen) atoms. The van der Waals surface area contributed by atoms with Crippen molar-refractivity contribution in [2.45, 2.75) is 0 Å². The molecule has 1 amide bonds. The summed E-state index contributed by atoms with van der Waals surface area (Å²) in [6.07, 6.45) is 5.06. The van der Waals surface area contributed by atoms with E-state index in [1.807, 2.05) is 0 Å². The van der Waals surface area contributed by atoms with Gasteiger partial charge in [-0.1, -0.05) is 11.1 Å². The van der Waals surface area contributed by atoms with E-state index in [-0.39, 0.29) is 11.5 Å². The molecule has 0 atom stereocenters. The molecule has 90 valence electrons. The SMILES string of the molecule is C#CCSCCNC(=O)c1cc(C(=O)O)on1. The van der Waals surface area contributed by atoms with Gasteiger partial charge in [-0.3, -0.25) is 4.79 Å². The first-order valence-electron chi connectivity index (χ1n) is 4.64. The minimum Gasteiger partial charge on any atom is -0.475 e. The van der Waals surface area contributed by atoms with Gasteiger partial charge < -0.3 is 14.9 Å². The zero-order valence-electron chi connectivity index (χ0n) is 8.80. The number of rotatable bonds is 6. The molecule has 6 nitrogen and oxygen atoms in total. The van der Waals surface area contributed by atoms with Gasteiger partial charge in [0.25, 0.3) is 5.91 Å². The molecule has 0 fully saturated rings. The number of nitrogens with zero attached hydrogens (tertiary/aromatic N) is 1. The molecule has 0 unspecified atom stereocenters. The summed E-state index contributed by atoms with van der Waals surface area (Å²) in [4.78, 5) is 21.9. The maximum absolute atomic E-state index is 11.4. The Kier molecular flexibility index (Phi) is 5.10. The smallest absolute Gasteiger partial charge is 0.374 e. The second-order valence-corrected chi connectivity index (χ2v) is 4.00. The third-order valence-corrected chi connectivity index (χ3v) is 2.53. The van der Waals surface area contributed by atoms with Crippen molar-refractivity contribution in [3.8, 4) is 12.3 Å². The summed E-state index contributed by atoms with van der Waals surface area (Å²) in [5, 5.41) is 14.5. The number of carboxylic acids is 1. The van der Waals surface area contributed by atoms with E-state index >= 15 is 0 Å². The average Bonchev–Trinajstić information content (AvgIpc) is 2.78. The summed E-state index contributed by atoms with van der Waals surface area (Å²) in [6, 6.07) is 1.08. The van der Waals surface area contributed by atoms with Crippen molar-refractivity contribution < 1.29 is 19.2 Å². The first-order valence-corrected chi connectivity index (χ1v) is 5.80. The number of carboxylic acid groups (broad SMARTS) is 1. The third kappa shape index (κ3) is 4.20. The molecular weight excluding hydrogens is 244 g/mol. The first-order chi connectivity index (χ1) is 8.15. The van der Waals surface area contributed by atoms with Gasteiger partial charge in [0.1, 0.15) is 0 Å². The van der Waals surface area contributed by atoms with E-state index in [1.54, 1.807) is 0 Å². The first kappa shape index (κ1) is 13.1. The minimum absolute atomic E-state index is 0.0515. The van der Waals surface area contributed by atoms with E-state index < -0.39 is 11.9 Å². The van der Waals surface area contributed by atoms with Crippen LogP contribution in [0.3, 0.4) is 0 Å². The molecule has 1 aromatic heterocycles. The molecule has 0 aromatic carbocycles. The van der Waals surface area contributed by atoms with Gasteiger partial charge in [-0.2, -0.15) is 0 Å². The van der Waals surface area contributed by atoms with Crippen LogP contribution in [0.2, 0.25) is 0 Å². The zero-order valence-corrected chi connectivity index (χ0v) is 9.62. The molecule has 1 aromatic rings. The predicted octanol–water partition coefficient (Wildman–Crippen LogP) is 0.469. The molecule has 0 bridgehead atoms. The van der Waals surface area contributed by atoms with E-state index in [4.69, 9.17) is 11.5 Å². The Balaban J connectivity index is 2.37. The van der Waals surface area contributed by atoms with Gasteiger partial charge in [-0.25, -0.2) is 4.79 Å². The molecule has 0 aliphatic rings. The van der Waals surface area contributed by atoms with E-state index in [2.05, 4.69) is 20.9 Å². The molecule has 0 saturated carbocycles. The fourth-order valence-electron chi connectivity index (χ4n) is 0.941. The highest BCUT2D eigenvalue weighted by Crippen LogP contribution is 2.03. The van der Waals surface area contributed by atoms with Crippen molar-refractivity contribution in [2.75, 3.05) is 18.1 Å². The lowest BCUT2D eigenvalue weighted by atomic mass is 10.3. The van der Waals surface area contributed by atoms with Crippen LogP contribution in [0.25, 0.3) is 0 Å². The highest BCUT2D eigenvalue weighted by atomic mass is 32.2. The Morgan fingerprint density at radius 3 is 3.00 bits per heavy atom. The van der Waals surface area contributed by atoms with E-state index in [9.17, 15) is 9.59 Å². The summed E-state index contributed by atoms with van der Waals surface area (Å²) in [7, 11) is 0. The van der Waals surface area contributed by atoms with E-state index in [0.717, 1.165) is 6.07 Å². The van der Waals surface area contributed by atoms with Gasteiger partial charge in [0, 0.05) is 18.4 Å². The standard InChI is InChI=1S/C10H10N2O4S/c1-2-4-17-5-3-11-9(13)7-6-8(10(14)15)16-12-7/h1,6H,3-5H2,(H,11,13)(H,14,15). The number of hydrogen-bond acceptors (Lipinski definition) is 5. The fraction of sp³-hybridized carbons (Fsp3) is 0.300. The van der Waals surface area contributed by atoms with Crippen molar-refractivity contribution in [1.29, 1.82) is 0 Å². The molecule has 2 N–H and O–H groups in total. The van der Waals surface area contributed by atoms with Crippen LogP contribution in [-0.4, -0.2) is 40.2 Å². The van der Waals surface area contributed by atoms with Gasteiger partial charge >= 0.3 is 5.97 Å². The lowest BCUT2D eigenvalue weighted by Crippen LogP contribution is -2.26. The third-order valence-electron chi connectivity index (χ3n) is 1.67. The summed E-state index contributed by atoms with van der Waals surface area (Å²) >= 11 is 1.51. The van der Waals surface area contributed by atoms with Crippen LogP contribution in [0.5, 0.6) is 0 Å². The largest absolute Gasteiger partial charge is 0.475 e. The van der Waals surface area contributed by atoms with E-state index in [1.165, 1.54) is 11.8 Å². The molecule has 7 heteroatoms. The Hall–Kier alpha value is -1.94. The number of amides is 1. The topological polar surface area (TPSA) is 92.4 Å². The van der Waals surface area contributed by atoms with Gasteiger partial charge in [0.15, 0.2) is 5.69 Å². The monoisotopic (exact) mass is 254 g/mol. The average molecular weight is 254 g/mol. The highest BCUT2D eigenvalue weighted by Gasteiger charge is 2.15. The number of aromatic carboxylic acids is 1. The van der Waals surface area contributed by atoms with Crippen molar-refractivity contribution in [2.24, 2.45) is 0 Å². The highest BCUT2D eigenvalue weighted by molar-refractivity contribution is 7.99. The maximum Gasteiger partial charge on any atom is 0.374 e. The van der Waals surface area contributed by atoms with Crippen molar-refractivity contribution in [3.05, 3.63) is 17.5 Å². The van der Waals surface area contributed by atoms with Crippen LogP contribution in [0.1, 0.15) is 21.0 Å². The molecule has 0 saturated heterocycles. The van der Waals surface area contributed by atoms with Crippen LogP contribution < -0.4 is 5.32 Å². The lowest BCUT2D eigenvalue weighted by Gasteiger charge is -2.00. The molecular formula is C10H10N2O4S. The zero-order chi connectivity index (χ0) is 12.7. The number of aromatic nitrogens is 1. The quantitative estimate of drug-likeness (QED) is 0.566. The Morgan fingerprint density at radius 1 is 1.65 bits per heavy atom. The number of carbonyl (C=O) groups is 2. The number of terminal acetylenes is 1. The lowest BCUT2D eigenvalue weighted by molar-refractivity contribution is 0.0651. The predicted molar refractivity (Wildman–Crippen MR) is 62.0 cm³/mol. The van der Waals surface area contributed by atoms with Gasteiger partial charge in [-0.05, 0) is 0 Å². The molecule has 1 rings (SSSR count). The molecule has 0 aliphatic carbocycles. The van der Waals surface area contributed by atoms with Crippen LogP contribution >= 0.6 is 11.8 Å². The number of nitrogens with one attached hydrogen (secondary N) is 1. The Bertz CT molecular complexity index is 449. The molecule has 0 radical (unpaired) electrons. The second kappa shape index (κ2) is 6.60. The molecule has 0 spiro atoms. The number of hydrogen-bond donors (Lipinski definition) is 2. The van der Waals surface area contributed by atoms with Crippen LogP contribution in [-0.2, 0) is 0 Å². The minimum atomic E-state index is -1.26. The Morgan fingerprint density at radius 2 is 2.41 bits per heavy atom. The normalized spacial score (nSPS) is 9.59. The second-order valence-electron chi connectivity index (χ2n) is 2.89. The van der Waals surface area contributed by atoms with Gasteiger partial charge in [-0.15, -0.1) is 18.2 Å². The van der Waals surface area contributed by atoms with Crippen LogP contribution in [0, 0.1) is 12.3 Å². The molecule has 0 aliphatic heterocycles. The summed E-state index contributed by atoms with van der Waals surface area (Å²) in [5.41, 5.74) is -0.0515.